The van der Waals surface area contributed by atoms with Crippen molar-refractivity contribution in [2.45, 2.75) is 37.5 Å². The highest BCUT2D eigenvalue weighted by Crippen LogP contribution is 2.32. The smallest absolute Gasteiger partial charge is 0.278 e. The van der Waals surface area contributed by atoms with E-state index in [2.05, 4.69) is 25.4 Å². The summed E-state index contributed by atoms with van der Waals surface area (Å²) >= 11 is 6.24. The minimum atomic E-state index is -3.48. The van der Waals surface area contributed by atoms with Crippen LogP contribution in [0.25, 0.3) is 17.2 Å². The van der Waals surface area contributed by atoms with Crippen LogP contribution in [0.3, 0.4) is 0 Å². The highest BCUT2D eigenvalue weighted by atomic mass is 35.5. The predicted molar refractivity (Wildman–Crippen MR) is 123 cm³/mol. The number of halogens is 1. The number of hydrogen-bond acceptors (Lipinski definition) is 8. The second-order valence-electron chi connectivity index (χ2n) is 7.93. The summed E-state index contributed by atoms with van der Waals surface area (Å²) < 4.78 is 28.9. The monoisotopic (exact) mass is 487 g/mol. The van der Waals surface area contributed by atoms with Gasteiger partial charge in [0.15, 0.2) is 21.5 Å². The van der Waals surface area contributed by atoms with Crippen molar-refractivity contribution in [3.05, 3.63) is 53.1 Å². The number of sulfone groups is 1. The van der Waals surface area contributed by atoms with Gasteiger partial charge in [-0.05, 0) is 43.4 Å². The number of nitrogens with zero attached hydrogens (tertiary/aromatic N) is 4. The molecule has 1 aliphatic rings. The van der Waals surface area contributed by atoms with E-state index in [0.29, 0.717) is 22.7 Å². The molecule has 2 aromatic heterocycles. The van der Waals surface area contributed by atoms with Gasteiger partial charge < -0.3 is 9.84 Å². The van der Waals surface area contributed by atoms with Crippen LogP contribution in [0.15, 0.2) is 46.1 Å². The Balaban J connectivity index is 1.61. The molecule has 0 spiro atoms. The minimum Gasteiger partial charge on any atom is -0.332 e. The average molecular weight is 488 g/mol. The third-order valence-corrected chi connectivity index (χ3v) is 6.91. The van der Waals surface area contributed by atoms with Crippen LogP contribution in [0.4, 0.5) is 5.82 Å². The molecule has 0 saturated heterocycles. The first-order valence-electron chi connectivity index (χ1n) is 10.4. The Morgan fingerprint density at radius 1 is 1.21 bits per heavy atom. The largest absolute Gasteiger partial charge is 0.332 e. The second-order valence-corrected chi connectivity index (χ2v) is 10.3. The number of carbonyl (C=O) groups is 1. The summed E-state index contributed by atoms with van der Waals surface area (Å²) in [4.78, 5) is 25.8. The van der Waals surface area contributed by atoms with E-state index in [1.54, 1.807) is 13.0 Å². The number of aromatic nitrogens is 4. The number of rotatable bonds is 6. The summed E-state index contributed by atoms with van der Waals surface area (Å²) in [5.41, 5.74) is 1.32. The van der Waals surface area contributed by atoms with Gasteiger partial charge in [0.25, 0.3) is 11.8 Å². The molecule has 1 amide bonds. The maximum atomic E-state index is 13.2. The van der Waals surface area contributed by atoms with Crippen LogP contribution >= 0.6 is 11.6 Å². The topological polar surface area (TPSA) is 128 Å². The normalized spacial score (nSPS) is 15.1. The van der Waals surface area contributed by atoms with Gasteiger partial charge in [-0.25, -0.2) is 18.4 Å². The molecular formula is C22H22ClN5O4S. The Bertz CT molecular complexity index is 1310. The number of amides is 1. The summed E-state index contributed by atoms with van der Waals surface area (Å²) in [7, 11) is -3.48. The van der Waals surface area contributed by atoms with Crippen LogP contribution in [0.2, 0.25) is 5.02 Å². The zero-order chi connectivity index (χ0) is 23.6. The van der Waals surface area contributed by atoms with Gasteiger partial charge in [-0.15, -0.1) is 0 Å². The molecule has 1 fully saturated rings. The number of allylic oxidation sites excluding steroid dienone is 1. The standard InChI is InChI=1S/C22H22ClN5O4S/c1-13-26-22(32-28-13)18-11-25-20(12-24-18)27-21(29)16(9-14-5-3-4-6-14)15-7-8-19(17(23)10-15)33(2,30)31/h7-12,14H,3-6H2,1-2H3,(H,25,27,29)/b16-9+. The number of benzene rings is 1. The van der Waals surface area contributed by atoms with Crippen LogP contribution in [0.5, 0.6) is 0 Å². The molecule has 4 rings (SSSR count). The molecule has 1 aromatic carbocycles. The van der Waals surface area contributed by atoms with Crippen LogP contribution in [0.1, 0.15) is 37.1 Å². The average Bonchev–Trinajstić information content (AvgIpc) is 3.43. The van der Waals surface area contributed by atoms with Crippen molar-refractivity contribution in [2.75, 3.05) is 11.6 Å². The quantitative estimate of drug-likeness (QED) is 0.514. The highest BCUT2D eigenvalue weighted by Gasteiger charge is 2.21. The summed E-state index contributed by atoms with van der Waals surface area (Å²) in [5, 5.41) is 6.54. The Kier molecular flexibility index (Phi) is 6.57. The van der Waals surface area contributed by atoms with E-state index in [4.69, 9.17) is 16.1 Å². The van der Waals surface area contributed by atoms with E-state index in [0.717, 1.165) is 31.9 Å². The van der Waals surface area contributed by atoms with E-state index in [1.807, 2.05) is 6.08 Å². The SMILES string of the molecule is Cc1noc(-c2cnc(NC(=O)/C(=C/C3CCCC3)c3ccc(S(C)(=O)=O)c(Cl)c3)cn2)n1. The van der Waals surface area contributed by atoms with Crippen LogP contribution in [-0.2, 0) is 14.6 Å². The van der Waals surface area contributed by atoms with Gasteiger partial charge in [0, 0.05) is 11.8 Å². The third kappa shape index (κ3) is 5.45. The van der Waals surface area contributed by atoms with Gasteiger partial charge in [0.05, 0.1) is 22.3 Å². The van der Waals surface area contributed by atoms with Gasteiger partial charge in [-0.2, -0.15) is 4.98 Å². The molecule has 33 heavy (non-hydrogen) atoms. The van der Waals surface area contributed by atoms with Crippen molar-refractivity contribution >= 4 is 38.7 Å². The Morgan fingerprint density at radius 3 is 2.55 bits per heavy atom. The van der Waals surface area contributed by atoms with Crippen molar-refractivity contribution in [2.24, 2.45) is 5.92 Å². The highest BCUT2D eigenvalue weighted by molar-refractivity contribution is 7.90. The van der Waals surface area contributed by atoms with Crippen LogP contribution < -0.4 is 5.32 Å². The number of hydrogen-bond donors (Lipinski definition) is 1. The molecule has 0 bridgehead atoms. The van der Waals surface area contributed by atoms with Gasteiger partial charge in [-0.1, -0.05) is 41.7 Å². The molecule has 2 heterocycles. The third-order valence-electron chi connectivity index (χ3n) is 5.33. The lowest BCUT2D eigenvalue weighted by Gasteiger charge is -2.13. The van der Waals surface area contributed by atoms with Gasteiger partial charge >= 0.3 is 0 Å². The summed E-state index contributed by atoms with van der Waals surface area (Å²) in [6, 6.07) is 4.52. The lowest BCUT2D eigenvalue weighted by molar-refractivity contribution is -0.111. The maximum absolute atomic E-state index is 13.2. The van der Waals surface area contributed by atoms with Gasteiger partial charge in [0.2, 0.25) is 0 Å². The summed E-state index contributed by atoms with van der Waals surface area (Å²) in [5.74, 6) is 0.831. The number of anilines is 1. The van der Waals surface area contributed by atoms with Crippen molar-refractivity contribution < 1.29 is 17.7 Å². The lowest BCUT2D eigenvalue weighted by atomic mass is 9.98. The molecule has 0 atom stereocenters. The van der Waals surface area contributed by atoms with Crippen molar-refractivity contribution in [3.63, 3.8) is 0 Å². The first kappa shape index (κ1) is 23.1. The summed E-state index contributed by atoms with van der Waals surface area (Å²) in [6.45, 7) is 1.70. The second kappa shape index (κ2) is 9.40. The fourth-order valence-corrected chi connectivity index (χ4v) is 5.05. The molecular weight excluding hydrogens is 466 g/mol. The number of carbonyl (C=O) groups excluding carboxylic acids is 1. The molecule has 1 saturated carbocycles. The van der Waals surface area contributed by atoms with E-state index in [9.17, 15) is 13.2 Å². The Morgan fingerprint density at radius 2 is 1.97 bits per heavy atom. The van der Waals surface area contributed by atoms with E-state index in [-0.39, 0.29) is 33.5 Å². The molecule has 3 aromatic rings. The summed E-state index contributed by atoms with van der Waals surface area (Å²) in [6.07, 6.45) is 10.0. The van der Waals surface area contributed by atoms with Gasteiger partial charge in [0.1, 0.15) is 5.69 Å². The first-order chi connectivity index (χ1) is 15.7. The molecule has 11 heteroatoms. The van der Waals surface area contributed by atoms with Crippen molar-refractivity contribution in [1.82, 2.24) is 20.1 Å². The Hall–Kier alpha value is -3.11. The maximum Gasteiger partial charge on any atom is 0.278 e. The lowest BCUT2D eigenvalue weighted by Crippen LogP contribution is -2.16. The molecule has 0 aliphatic heterocycles. The fourth-order valence-electron chi connectivity index (χ4n) is 3.72. The molecule has 1 aliphatic carbocycles. The van der Waals surface area contributed by atoms with Crippen LogP contribution in [-0.4, -0.2) is 40.7 Å². The van der Waals surface area contributed by atoms with E-state index >= 15 is 0 Å². The molecule has 172 valence electrons. The molecule has 0 unspecified atom stereocenters. The number of nitrogens with one attached hydrogen (secondary N) is 1. The van der Waals surface area contributed by atoms with E-state index in [1.165, 1.54) is 24.5 Å². The number of aryl methyl sites for hydroxylation is 1. The zero-order valence-electron chi connectivity index (χ0n) is 18.1. The molecule has 0 radical (unpaired) electrons. The fraction of sp³-hybridized carbons (Fsp3) is 0.318. The van der Waals surface area contributed by atoms with E-state index < -0.39 is 9.84 Å². The van der Waals surface area contributed by atoms with Crippen LogP contribution in [0, 0.1) is 12.8 Å². The molecule has 9 nitrogen and oxygen atoms in total. The molecule has 1 N–H and O–H groups in total. The minimum absolute atomic E-state index is 0.0197. The van der Waals surface area contributed by atoms with Gasteiger partial charge in [-0.3, -0.25) is 4.79 Å². The Labute approximate surface area is 196 Å². The first-order valence-corrected chi connectivity index (χ1v) is 12.6. The zero-order valence-corrected chi connectivity index (χ0v) is 19.7. The van der Waals surface area contributed by atoms with Crippen molar-refractivity contribution in [1.29, 1.82) is 0 Å². The van der Waals surface area contributed by atoms with Crippen molar-refractivity contribution in [3.8, 4) is 11.6 Å². The predicted octanol–water partition coefficient (Wildman–Crippen LogP) is 4.10.